The van der Waals surface area contributed by atoms with E-state index in [1.807, 2.05) is 74.5 Å². The fraction of sp³-hybridized carbons (Fsp3) is 0.536. The monoisotopic (exact) mass is 967 g/mol. The highest BCUT2D eigenvalue weighted by atomic mass is 32.2. The van der Waals surface area contributed by atoms with E-state index in [4.69, 9.17) is 0 Å². The predicted octanol–water partition coefficient (Wildman–Crippen LogP) is 17.3. The van der Waals surface area contributed by atoms with E-state index in [9.17, 15) is 14.7 Å². The van der Waals surface area contributed by atoms with Crippen molar-refractivity contribution in [3.8, 4) is 0 Å². The third-order valence-electron chi connectivity index (χ3n) is 10.3. The second-order valence-electron chi connectivity index (χ2n) is 16.5. The number of hydrogen-bond acceptors (Lipinski definition) is 7. The van der Waals surface area contributed by atoms with Crippen molar-refractivity contribution in [2.45, 2.75) is 155 Å². The molecule has 1 heterocycles. The van der Waals surface area contributed by atoms with Crippen LogP contribution in [0.5, 0.6) is 0 Å². The van der Waals surface area contributed by atoms with Crippen molar-refractivity contribution < 1.29 is 14.7 Å². The lowest BCUT2D eigenvalue weighted by Gasteiger charge is -2.28. The Labute approximate surface area is 414 Å². The highest BCUT2D eigenvalue weighted by molar-refractivity contribution is 8.20. The number of benzene rings is 4. The zero-order valence-corrected chi connectivity index (χ0v) is 45.7. The number of aryl methyl sites for hydroxylation is 4. The van der Waals surface area contributed by atoms with Gasteiger partial charge in [0.1, 0.15) is 6.29 Å². The molecule has 0 aliphatic carbocycles. The van der Waals surface area contributed by atoms with Gasteiger partial charge in [0.15, 0.2) is 5.78 Å². The highest BCUT2D eigenvalue weighted by Crippen LogP contribution is 2.55. The van der Waals surface area contributed by atoms with E-state index in [2.05, 4.69) is 133 Å². The molecule has 4 aromatic carbocycles. The summed E-state index contributed by atoms with van der Waals surface area (Å²) in [7, 11) is 1.08. The summed E-state index contributed by atoms with van der Waals surface area (Å²) in [5.41, 5.74) is 9.19. The van der Waals surface area contributed by atoms with Crippen LogP contribution in [0, 0.1) is 27.7 Å². The minimum absolute atomic E-state index is 0.276. The summed E-state index contributed by atoms with van der Waals surface area (Å²) in [5, 5.41) is 9.91. The van der Waals surface area contributed by atoms with E-state index < -0.39 is 0 Å². The van der Waals surface area contributed by atoms with E-state index in [0.29, 0.717) is 10.5 Å². The van der Waals surface area contributed by atoms with Gasteiger partial charge >= 0.3 is 0 Å². The molecule has 3 nitrogen and oxygen atoms in total. The third kappa shape index (κ3) is 30.3. The molecule has 0 bridgehead atoms. The summed E-state index contributed by atoms with van der Waals surface area (Å²) in [6, 6.07) is 32.7. The maximum Gasteiger partial charge on any atom is 0.162 e. The first-order valence-electron chi connectivity index (χ1n) is 23.9. The van der Waals surface area contributed by atoms with Gasteiger partial charge in [-0.1, -0.05) is 211 Å². The van der Waals surface area contributed by atoms with Gasteiger partial charge in [0.2, 0.25) is 0 Å². The van der Waals surface area contributed by atoms with E-state index in [1.54, 1.807) is 0 Å². The maximum absolute atomic E-state index is 11.7. The van der Waals surface area contributed by atoms with Gasteiger partial charge < -0.3 is 5.11 Å². The van der Waals surface area contributed by atoms with Gasteiger partial charge in [0.05, 0.1) is 10.2 Å². The number of carbonyl (C=O) groups is 2. The number of Topliss-reactive ketones (excluding diaryl/α,β-unsaturated/α-hetero) is 1. The quantitative estimate of drug-likeness (QED) is 0.0271. The summed E-state index contributed by atoms with van der Waals surface area (Å²) in [6.07, 6.45) is 18.5. The Morgan fingerprint density at radius 3 is 1.47 bits per heavy atom. The summed E-state index contributed by atoms with van der Waals surface area (Å²) in [4.78, 5) is 21.8. The second-order valence-corrected chi connectivity index (χ2v) is 21.4. The number of thiol groups is 2. The molecular formula is C56H87O3PS4. The van der Waals surface area contributed by atoms with Gasteiger partial charge in [0.25, 0.3) is 0 Å². The van der Waals surface area contributed by atoms with Gasteiger partial charge in [-0.3, -0.25) is 9.59 Å². The number of unbranched alkanes of at least 4 members (excludes halogenated alkanes) is 9. The van der Waals surface area contributed by atoms with Gasteiger partial charge in [-0.05, 0) is 82.9 Å². The number of aliphatic hydroxyl groups excluding tert-OH is 1. The van der Waals surface area contributed by atoms with Gasteiger partial charge in [-0.2, -0.15) is 25.3 Å². The van der Waals surface area contributed by atoms with Crippen molar-refractivity contribution in [3.63, 3.8) is 0 Å². The minimum atomic E-state index is -0.276. The molecule has 4 aromatic rings. The molecule has 358 valence electrons. The third-order valence-corrected chi connectivity index (χ3v) is 14.7. The number of thioether (sulfide) groups is 2. The molecule has 1 unspecified atom stereocenters. The molecule has 0 radical (unpaired) electrons. The summed E-state index contributed by atoms with van der Waals surface area (Å²) in [5.74, 6) is 4.66. The minimum Gasteiger partial charge on any atom is -0.388 e. The molecule has 1 atom stereocenters. The molecule has 0 spiro atoms. The molecule has 0 aromatic heterocycles. The van der Waals surface area contributed by atoms with Crippen LogP contribution in [0.1, 0.15) is 177 Å². The Bertz CT molecular complexity index is 1670. The smallest absolute Gasteiger partial charge is 0.162 e. The molecule has 1 N–H and O–H groups in total. The summed E-state index contributed by atoms with van der Waals surface area (Å²) >= 11 is 12.0. The molecule has 1 aliphatic heterocycles. The average Bonchev–Trinajstić information content (AvgIpc) is 3.80. The topological polar surface area (TPSA) is 54.4 Å². The first-order valence-corrected chi connectivity index (χ1v) is 29.2. The van der Waals surface area contributed by atoms with E-state index in [-0.39, 0.29) is 11.9 Å². The van der Waals surface area contributed by atoms with Gasteiger partial charge in [0, 0.05) is 29.1 Å². The lowest BCUT2D eigenvalue weighted by Crippen LogP contribution is -2.14. The number of aldehydes is 1. The largest absolute Gasteiger partial charge is 0.388 e. The predicted molar refractivity (Wildman–Crippen MR) is 300 cm³/mol. The van der Waals surface area contributed by atoms with Crippen molar-refractivity contribution in [3.05, 3.63) is 142 Å². The number of ketones is 1. The standard InChI is InChI=1S/C16H24S2.C14H22O.C14H20O.C8H8O.C2H7P.C2H6S2/c1-3-4-5-6-11-16(17-12-13-18-16)15-9-7-14(2)8-10-15;2*1-3-4-5-6-7-14(15)13-10-8-12(2)9-11-13;1-7-2-4-8(6-9)5-3-7;1-3-2;3-1-2-4/h7-10H,3-6,11-13H2,1-2H3;8-11,14-15H,3-7H2,1-2H3;8-11H,3-7H2,1-2H3;2-6H,1H3;3H,1-2H3;3-4H,1-2H2. The first-order chi connectivity index (χ1) is 30.9. The average molecular weight is 968 g/mol. The van der Waals surface area contributed by atoms with Crippen LogP contribution < -0.4 is 0 Å². The van der Waals surface area contributed by atoms with Gasteiger partial charge in [-0.15, -0.1) is 32.1 Å². The van der Waals surface area contributed by atoms with Crippen molar-refractivity contribution in [2.24, 2.45) is 0 Å². The molecule has 1 aliphatic rings. The van der Waals surface area contributed by atoms with Crippen LogP contribution >= 0.6 is 57.4 Å². The zero-order valence-electron chi connectivity index (χ0n) is 41.3. The number of hydrogen-bond donors (Lipinski definition) is 3. The Balaban J connectivity index is 0.000000801. The van der Waals surface area contributed by atoms with Crippen LogP contribution in [0.15, 0.2) is 97.1 Å². The highest BCUT2D eigenvalue weighted by Gasteiger charge is 2.36. The summed E-state index contributed by atoms with van der Waals surface area (Å²) in [6.45, 7) is 19.3. The molecule has 5 rings (SSSR count). The normalized spacial score (nSPS) is 12.5. The first kappa shape index (κ1) is 62.0. The van der Waals surface area contributed by atoms with E-state index >= 15 is 0 Å². The Kier molecular flexibility index (Phi) is 39.9. The maximum atomic E-state index is 11.7. The number of rotatable bonds is 20. The molecule has 64 heavy (non-hydrogen) atoms. The van der Waals surface area contributed by atoms with Crippen LogP contribution in [-0.2, 0) is 4.08 Å². The molecular weight excluding hydrogens is 880 g/mol. The van der Waals surface area contributed by atoms with E-state index in [1.165, 1.54) is 110 Å². The lowest BCUT2D eigenvalue weighted by molar-refractivity contribution is 0.0978. The zero-order chi connectivity index (χ0) is 47.9. The molecule has 0 saturated carbocycles. The van der Waals surface area contributed by atoms with Crippen molar-refractivity contribution in [1.82, 2.24) is 0 Å². The molecule has 8 heteroatoms. The van der Waals surface area contributed by atoms with Crippen molar-refractivity contribution >= 4 is 69.4 Å². The van der Waals surface area contributed by atoms with Crippen molar-refractivity contribution in [1.29, 1.82) is 0 Å². The second kappa shape index (κ2) is 41.2. The van der Waals surface area contributed by atoms with Crippen LogP contribution in [0.2, 0.25) is 0 Å². The fourth-order valence-electron chi connectivity index (χ4n) is 6.46. The van der Waals surface area contributed by atoms with Gasteiger partial charge in [-0.25, -0.2) is 0 Å². The number of carbonyl (C=O) groups excluding carboxylic acids is 2. The summed E-state index contributed by atoms with van der Waals surface area (Å²) < 4.78 is 0.363. The van der Waals surface area contributed by atoms with Crippen LogP contribution in [0.25, 0.3) is 0 Å². The Hall–Kier alpha value is -1.99. The van der Waals surface area contributed by atoms with Crippen LogP contribution in [0.3, 0.4) is 0 Å². The Morgan fingerprint density at radius 2 is 1.03 bits per heavy atom. The Morgan fingerprint density at radius 1 is 0.625 bits per heavy atom. The van der Waals surface area contributed by atoms with Crippen LogP contribution in [0.4, 0.5) is 0 Å². The lowest BCUT2D eigenvalue weighted by atomic mass is 10.0. The fourth-order valence-corrected chi connectivity index (χ4v) is 9.81. The number of aliphatic hydroxyl groups is 1. The van der Waals surface area contributed by atoms with E-state index in [0.717, 1.165) is 62.3 Å². The van der Waals surface area contributed by atoms with Crippen molar-refractivity contribution in [2.75, 3.05) is 36.3 Å². The molecule has 1 fully saturated rings. The van der Waals surface area contributed by atoms with Crippen LogP contribution in [-0.4, -0.2) is 53.5 Å². The SMILES string of the molecule is CCCCCCC(=O)c1ccc(C)cc1.CCCCCCC(O)c1ccc(C)cc1.CCCCCCC1(c2ccc(C)cc2)SCCS1.CPC.Cc1ccc(C=O)cc1.SCCS. The molecule has 1 saturated heterocycles. The molecule has 0 amide bonds.